The van der Waals surface area contributed by atoms with Gasteiger partial charge in [0.15, 0.2) is 0 Å². The molecule has 4 nitrogen and oxygen atoms in total. The lowest BCUT2D eigenvalue weighted by Crippen LogP contribution is -2.03. The third-order valence-electron chi connectivity index (χ3n) is 10.3. The van der Waals surface area contributed by atoms with Crippen molar-refractivity contribution in [2.75, 3.05) is 0 Å². The maximum atomic E-state index is 8.66. The molecule has 51 heavy (non-hydrogen) atoms. The highest BCUT2D eigenvalue weighted by Crippen LogP contribution is 2.42. The van der Waals surface area contributed by atoms with Crippen molar-refractivity contribution in [1.82, 2.24) is 9.13 Å². The molecule has 10 rings (SSSR count). The molecule has 8 aromatic carbocycles. The van der Waals surface area contributed by atoms with Crippen molar-refractivity contribution in [2.45, 2.75) is 0 Å². The minimum Gasteiger partial charge on any atom is -0.398 e. The molecule has 0 saturated heterocycles. The Bertz CT molecular complexity index is 3040. The summed E-state index contributed by atoms with van der Waals surface area (Å²) in [6.07, 6.45) is 1.75. The van der Waals surface area contributed by atoms with Crippen LogP contribution >= 0.6 is 0 Å². The van der Waals surface area contributed by atoms with Crippen LogP contribution in [0.5, 0.6) is 0 Å². The molecule has 0 aliphatic heterocycles. The van der Waals surface area contributed by atoms with E-state index in [0.717, 1.165) is 33.5 Å². The molecule has 240 valence electrons. The first-order valence-corrected chi connectivity index (χ1v) is 17.2. The molecular weight excluding hydrogens is 621 g/mol. The predicted molar refractivity (Wildman–Crippen MR) is 216 cm³/mol. The maximum Gasteiger partial charge on any atom is 0.0632 e. The summed E-state index contributed by atoms with van der Waals surface area (Å²) < 4.78 is 4.78. The lowest BCUT2D eigenvalue weighted by Gasteiger charge is -2.14. The topological polar surface area (TPSA) is 59.7 Å². The normalized spacial score (nSPS) is 12.2. The smallest absolute Gasteiger partial charge is 0.0632 e. The maximum absolute atomic E-state index is 8.66. The van der Waals surface area contributed by atoms with Gasteiger partial charge in [-0.1, -0.05) is 133 Å². The van der Waals surface area contributed by atoms with Crippen LogP contribution in [0.3, 0.4) is 0 Å². The number of nitrogens with two attached hydrogens (primary N) is 1. The molecule has 0 amide bonds. The number of aromatic nitrogens is 2. The number of hydrogen-bond acceptors (Lipinski definition) is 2. The van der Waals surface area contributed by atoms with Crippen LogP contribution in [0.2, 0.25) is 0 Å². The zero-order valence-electron chi connectivity index (χ0n) is 27.7. The fourth-order valence-corrected chi connectivity index (χ4v) is 8.02. The van der Waals surface area contributed by atoms with Gasteiger partial charge in [0.2, 0.25) is 0 Å². The minimum atomic E-state index is 0.383. The summed E-state index contributed by atoms with van der Waals surface area (Å²) in [5, 5.41) is 18.4. The van der Waals surface area contributed by atoms with Gasteiger partial charge in [-0.25, -0.2) is 0 Å². The van der Waals surface area contributed by atoms with Crippen LogP contribution in [-0.4, -0.2) is 14.8 Å². The molecule has 4 heteroatoms. The summed E-state index contributed by atoms with van der Waals surface area (Å²) in [6.45, 7) is 0. The lowest BCUT2D eigenvalue weighted by atomic mass is 9.97. The number of fused-ring (bicyclic) bond motifs is 11. The second-order valence-electron chi connectivity index (χ2n) is 13.1. The van der Waals surface area contributed by atoms with Gasteiger partial charge < -0.3 is 20.3 Å². The van der Waals surface area contributed by atoms with Gasteiger partial charge in [-0.05, 0) is 64.4 Å². The van der Waals surface area contributed by atoms with Crippen molar-refractivity contribution in [1.29, 1.82) is 5.41 Å². The fourth-order valence-electron chi connectivity index (χ4n) is 8.02. The Labute approximate surface area is 294 Å². The van der Waals surface area contributed by atoms with E-state index in [2.05, 4.69) is 143 Å². The van der Waals surface area contributed by atoms with Crippen LogP contribution in [0.15, 0.2) is 176 Å². The van der Waals surface area contributed by atoms with Gasteiger partial charge in [0.05, 0.1) is 27.8 Å². The first-order valence-electron chi connectivity index (χ1n) is 17.2. The van der Waals surface area contributed by atoms with Crippen LogP contribution in [-0.2, 0) is 0 Å². The van der Waals surface area contributed by atoms with E-state index in [-0.39, 0.29) is 0 Å². The SMILES string of the molecule is N=C(/C=C(\N)c1cccc(-n2c3ccccc3c3ccc4c5ccc6c7ccccc7n(-c7ccccc7)c6c5ccc4c32)c1)c1ccccc1. The summed E-state index contributed by atoms with van der Waals surface area (Å²) in [6, 6.07) is 59.8. The molecule has 0 radical (unpaired) electrons. The third kappa shape index (κ3) is 4.43. The van der Waals surface area contributed by atoms with Gasteiger partial charge in [-0.2, -0.15) is 0 Å². The molecular formula is C47H32N4. The van der Waals surface area contributed by atoms with Crippen molar-refractivity contribution < 1.29 is 0 Å². The molecule has 2 aromatic heterocycles. The van der Waals surface area contributed by atoms with Crippen LogP contribution in [0, 0.1) is 5.41 Å². The monoisotopic (exact) mass is 652 g/mol. The Morgan fingerprint density at radius 3 is 1.43 bits per heavy atom. The number of hydrogen-bond donors (Lipinski definition) is 2. The molecule has 0 spiro atoms. The molecule has 0 aliphatic carbocycles. The zero-order chi connectivity index (χ0) is 34.1. The van der Waals surface area contributed by atoms with Gasteiger partial charge in [-0.3, -0.25) is 0 Å². The standard InChI is InChI=1S/C47H32N4/c48-42(30-12-3-1-4-13-30)29-43(49)31-14-11-17-33(28-31)51-45-21-10-8-19-37(45)41-25-23-35-34-22-24-40-36-18-7-9-20-44(36)50(32-15-5-2-6-16-32)46(40)38(34)26-27-39(35)47(41)51/h1-29,48H,49H2/b43-29-,48-42?. The van der Waals surface area contributed by atoms with E-state index in [1.807, 2.05) is 36.4 Å². The van der Waals surface area contributed by atoms with E-state index < -0.39 is 0 Å². The van der Waals surface area contributed by atoms with Crippen molar-refractivity contribution in [3.05, 3.63) is 187 Å². The fraction of sp³-hybridized carbons (Fsp3) is 0. The summed E-state index contributed by atoms with van der Waals surface area (Å²) in [4.78, 5) is 0. The first-order chi connectivity index (χ1) is 25.2. The second kappa shape index (κ2) is 11.3. The number of nitrogens with zero attached hydrogens (tertiary/aromatic N) is 2. The van der Waals surface area contributed by atoms with Crippen molar-refractivity contribution in [2.24, 2.45) is 5.73 Å². The summed E-state index contributed by atoms with van der Waals surface area (Å²) >= 11 is 0. The number of nitrogens with one attached hydrogen (secondary N) is 1. The Morgan fingerprint density at radius 1 is 0.412 bits per heavy atom. The summed E-state index contributed by atoms with van der Waals surface area (Å²) in [5.74, 6) is 0. The predicted octanol–water partition coefficient (Wildman–Crippen LogP) is 11.6. The average Bonchev–Trinajstić information content (AvgIpc) is 3.72. The number of allylic oxidation sites excluding steroid dienone is 1. The van der Waals surface area contributed by atoms with Gasteiger partial charge in [0.1, 0.15) is 0 Å². The minimum absolute atomic E-state index is 0.383. The molecule has 0 aliphatic rings. The molecule has 0 atom stereocenters. The van der Waals surface area contributed by atoms with Gasteiger partial charge in [0, 0.05) is 49.4 Å². The van der Waals surface area contributed by atoms with Crippen LogP contribution in [0.4, 0.5) is 0 Å². The molecule has 0 fully saturated rings. The first kappa shape index (κ1) is 29.0. The Morgan fingerprint density at radius 2 is 0.843 bits per heavy atom. The Hall–Kier alpha value is -6.91. The van der Waals surface area contributed by atoms with Gasteiger partial charge in [-0.15, -0.1) is 0 Å². The zero-order valence-corrected chi connectivity index (χ0v) is 27.7. The van der Waals surface area contributed by atoms with Gasteiger partial charge in [0.25, 0.3) is 0 Å². The van der Waals surface area contributed by atoms with E-state index in [1.165, 1.54) is 54.1 Å². The Kier molecular flexibility index (Phi) is 6.45. The highest BCUT2D eigenvalue weighted by molar-refractivity contribution is 6.27. The summed E-state index contributed by atoms with van der Waals surface area (Å²) in [5.41, 5.74) is 16.2. The molecule has 2 heterocycles. The molecule has 0 unspecified atom stereocenters. The average molecular weight is 653 g/mol. The lowest BCUT2D eigenvalue weighted by molar-refractivity contribution is 1.18. The van der Waals surface area contributed by atoms with E-state index in [0.29, 0.717) is 11.4 Å². The number of benzene rings is 8. The third-order valence-corrected chi connectivity index (χ3v) is 10.3. The van der Waals surface area contributed by atoms with Crippen LogP contribution in [0.25, 0.3) is 82.2 Å². The van der Waals surface area contributed by atoms with Crippen LogP contribution < -0.4 is 5.73 Å². The molecule has 3 N–H and O–H groups in total. The second-order valence-corrected chi connectivity index (χ2v) is 13.1. The quantitative estimate of drug-likeness (QED) is 0.141. The van der Waals surface area contributed by atoms with Crippen molar-refractivity contribution in [3.8, 4) is 11.4 Å². The summed E-state index contributed by atoms with van der Waals surface area (Å²) in [7, 11) is 0. The number of rotatable bonds is 5. The molecule has 0 bridgehead atoms. The number of para-hydroxylation sites is 3. The van der Waals surface area contributed by atoms with E-state index in [4.69, 9.17) is 11.1 Å². The molecule has 10 aromatic rings. The largest absolute Gasteiger partial charge is 0.398 e. The molecule has 0 saturated carbocycles. The van der Waals surface area contributed by atoms with E-state index in [1.54, 1.807) is 6.08 Å². The Balaban J connectivity index is 1.23. The van der Waals surface area contributed by atoms with E-state index in [9.17, 15) is 0 Å². The highest BCUT2D eigenvalue weighted by atomic mass is 15.0. The van der Waals surface area contributed by atoms with Crippen molar-refractivity contribution >= 4 is 76.6 Å². The van der Waals surface area contributed by atoms with Gasteiger partial charge >= 0.3 is 0 Å². The highest BCUT2D eigenvalue weighted by Gasteiger charge is 2.19. The van der Waals surface area contributed by atoms with Crippen LogP contribution in [0.1, 0.15) is 11.1 Å². The van der Waals surface area contributed by atoms with Crippen molar-refractivity contribution in [3.63, 3.8) is 0 Å². The van der Waals surface area contributed by atoms with E-state index >= 15 is 0 Å².